The number of aromatic nitrogens is 2. The lowest BCUT2D eigenvalue weighted by molar-refractivity contribution is 0.0953. The Bertz CT molecular complexity index is 1040. The third-order valence-electron chi connectivity index (χ3n) is 6.25. The van der Waals surface area contributed by atoms with Crippen LogP contribution in [0.4, 0.5) is 0 Å². The molecular formula is C28H39N3O3. The van der Waals surface area contributed by atoms with E-state index >= 15 is 0 Å². The molecule has 1 heterocycles. The van der Waals surface area contributed by atoms with E-state index in [-0.39, 0.29) is 5.91 Å². The highest BCUT2D eigenvalue weighted by atomic mass is 16.5. The number of imidazole rings is 1. The smallest absolute Gasteiger partial charge is 0.251 e. The monoisotopic (exact) mass is 465 g/mol. The fourth-order valence-electron chi connectivity index (χ4n) is 4.34. The molecule has 0 atom stereocenters. The molecule has 1 amide bonds. The summed E-state index contributed by atoms with van der Waals surface area (Å²) in [5.74, 6) is 2.04. The highest BCUT2D eigenvalue weighted by Gasteiger charge is 2.13. The Morgan fingerprint density at radius 2 is 1.62 bits per heavy atom. The predicted octanol–water partition coefficient (Wildman–Crippen LogP) is 6.17. The number of nitrogens with zero attached hydrogens (tertiary/aromatic N) is 2. The summed E-state index contributed by atoms with van der Waals surface area (Å²) in [7, 11) is 3.15. The Labute approximate surface area is 203 Å². The highest BCUT2D eigenvalue weighted by molar-refractivity contribution is 5.94. The standard InChI is InChI=1S/C28H39N3O3/c1-4-5-6-7-8-9-10-13-20-31-24-15-12-11-14-23(24)30-27(31)18-19-29-28(32)22-16-17-25(33-2)26(21-22)34-3/h11-12,14-17,21H,4-10,13,18-20H2,1-3H3,(H,29,32). The van der Waals surface area contributed by atoms with Crippen molar-refractivity contribution >= 4 is 16.9 Å². The van der Waals surface area contributed by atoms with Gasteiger partial charge in [0.1, 0.15) is 5.82 Å². The van der Waals surface area contributed by atoms with E-state index in [1.165, 1.54) is 50.5 Å². The summed E-state index contributed by atoms with van der Waals surface area (Å²) in [4.78, 5) is 17.5. The molecule has 0 fully saturated rings. The van der Waals surface area contributed by atoms with Gasteiger partial charge in [0.05, 0.1) is 25.3 Å². The number of rotatable bonds is 15. The lowest BCUT2D eigenvalue weighted by Gasteiger charge is -2.11. The molecule has 0 saturated carbocycles. The minimum atomic E-state index is -0.133. The van der Waals surface area contributed by atoms with Crippen LogP contribution in [-0.4, -0.2) is 36.2 Å². The van der Waals surface area contributed by atoms with Crippen molar-refractivity contribution < 1.29 is 14.3 Å². The highest BCUT2D eigenvalue weighted by Crippen LogP contribution is 2.27. The van der Waals surface area contributed by atoms with Crippen LogP contribution in [0.25, 0.3) is 11.0 Å². The Kier molecular flexibility index (Phi) is 10.3. The second-order valence-electron chi connectivity index (χ2n) is 8.72. The zero-order valence-corrected chi connectivity index (χ0v) is 20.9. The number of ether oxygens (including phenoxy) is 2. The van der Waals surface area contributed by atoms with Gasteiger partial charge in [-0.15, -0.1) is 0 Å². The maximum atomic E-state index is 12.7. The molecule has 6 heteroatoms. The molecule has 0 unspecified atom stereocenters. The Morgan fingerprint density at radius 3 is 2.35 bits per heavy atom. The number of methoxy groups -OCH3 is 2. The zero-order chi connectivity index (χ0) is 24.2. The maximum absolute atomic E-state index is 12.7. The van der Waals surface area contributed by atoms with E-state index in [0.717, 1.165) is 24.3 Å². The summed E-state index contributed by atoms with van der Waals surface area (Å²) < 4.78 is 12.9. The molecule has 0 radical (unpaired) electrons. The van der Waals surface area contributed by atoms with Crippen LogP contribution in [-0.2, 0) is 13.0 Å². The first-order valence-electron chi connectivity index (χ1n) is 12.6. The molecule has 6 nitrogen and oxygen atoms in total. The number of hydrogen-bond donors (Lipinski definition) is 1. The van der Waals surface area contributed by atoms with Gasteiger partial charge in [-0.05, 0) is 36.8 Å². The molecule has 184 valence electrons. The first-order valence-corrected chi connectivity index (χ1v) is 12.6. The quantitative estimate of drug-likeness (QED) is 0.273. The van der Waals surface area contributed by atoms with E-state index in [1.54, 1.807) is 32.4 Å². The Hall–Kier alpha value is -3.02. The molecule has 0 aliphatic carbocycles. The van der Waals surface area contributed by atoms with Crippen molar-refractivity contribution in [1.29, 1.82) is 0 Å². The average molecular weight is 466 g/mol. The second-order valence-corrected chi connectivity index (χ2v) is 8.72. The van der Waals surface area contributed by atoms with Gasteiger partial charge in [-0.1, -0.05) is 64.0 Å². The summed E-state index contributed by atoms with van der Waals surface area (Å²) >= 11 is 0. The summed E-state index contributed by atoms with van der Waals surface area (Å²) in [5.41, 5.74) is 2.74. The van der Waals surface area contributed by atoms with Crippen LogP contribution in [0.3, 0.4) is 0 Å². The first-order chi connectivity index (χ1) is 16.7. The number of benzene rings is 2. The lowest BCUT2D eigenvalue weighted by atomic mass is 10.1. The number of carbonyl (C=O) groups excluding carboxylic acids is 1. The van der Waals surface area contributed by atoms with Crippen molar-refractivity contribution in [3.8, 4) is 11.5 Å². The summed E-state index contributed by atoms with van der Waals surface area (Å²) in [5, 5.41) is 3.02. The topological polar surface area (TPSA) is 65.4 Å². The van der Waals surface area contributed by atoms with Gasteiger partial charge in [-0.3, -0.25) is 4.79 Å². The number of fused-ring (bicyclic) bond motifs is 1. The number of unbranched alkanes of at least 4 members (excludes halogenated alkanes) is 7. The molecule has 0 aliphatic rings. The van der Waals surface area contributed by atoms with Crippen LogP contribution in [0, 0.1) is 0 Å². The predicted molar refractivity (Wildman–Crippen MR) is 138 cm³/mol. The second kappa shape index (κ2) is 13.6. The van der Waals surface area contributed by atoms with E-state index in [4.69, 9.17) is 14.5 Å². The fourth-order valence-corrected chi connectivity index (χ4v) is 4.34. The van der Waals surface area contributed by atoms with Gasteiger partial charge in [0, 0.05) is 25.1 Å². The third kappa shape index (κ3) is 6.99. The SMILES string of the molecule is CCCCCCCCCCn1c(CCNC(=O)c2ccc(OC)c(OC)c2)nc2ccccc21. The third-order valence-corrected chi connectivity index (χ3v) is 6.25. The van der Waals surface area contributed by atoms with Crippen LogP contribution >= 0.6 is 0 Å². The normalized spacial score (nSPS) is 11.0. The Balaban J connectivity index is 1.55. The molecule has 3 aromatic rings. The van der Waals surface area contributed by atoms with Gasteiger partial charge in [-0.25, -0.2) is 4.98 Å². The molecule has 2 aromatic carbocycles. The molecule has 0 saturated heterocycles. The van der Waals surface area contributed by atoms with E-state index in [9.17, 15) is 4.79 Å². The number of para-hydroxylation sites is 2. The molecule has 1 aromatic heterocycles. The van der Waals surface area contributed by atoms with Gasteiger partial charge < -0.3 is 19.4 Å². The van der Waals surface area contributed by atoms with Crippen LogP contribution in [0.5, 0.6) is 11.5 Å². The van der Waals surface area contributed by atoms with Crippen LogP contribution in [0.2, 0.25) is 0 Å². The minimum absolute atomic E-state index is 0.133. The number of carbonyl (C=O) groups is 1. The lowest BCUT2D eigenvalue weighted by Crippen LogP contribution is -2.26. The van der Waals surface area contributed by atoms with Crippen LogP contribution in [0.1, 0.15) is 74.5 Å². The van der Waals surface area contributed by atoms with Crippen LogP contribution < -0.4 is 14.8 Å². The minimum Gasteiger partial charge on any atom is -0.493 e. The van der Waals surface area contributed by atoms with Gasteiger partial charge in [0.25, 0.3) is 5.91 Å². The molecule has 0 aliphatic heterocycles. The van der Waals surface area contributed by atoms with Gasteiger partial charge in [0.2, 0.25) is 0 Å². The first kappa shape index (κ1) is 25.6. The van der Waals surface area contributed by atoms with Crippen molar-refractivity contribution in [2.75, 3.05) is 20.8 Å². The van der Waals surface area contributed by atoms with Crippen molar-refractivity contribution in [2.24, 2.45) is 0 Å². The van der Waals surface area contributed by atoms with E-state index < -0.39 is 0 Å². The average Bonchev–Trinajstić information content (AvgIpc) is 3.22. The molecule has 0 spiro atoms. The Morgan fingerprint density at radius 1 is 0.912 bits per heavy atom. The van der Waals surface area contributed by atoms with Crippen molar-refractivity contribution in [2.45, 2.75) is 71.3 Å². The van der Waals surface area contributed by atoms with Crippen molar-refractivity contribution in [3.05, 3.63) is 53.9 Å². The van der Waals surface area contributed by atoms with Crippen molar-refractivity contribution in [3.63, 3.8) is 0 Å². The summed E-state index contributed by atoms with van der Waals surface area (Å²) in [6.07, 6.45) is 11.1. The van der Waals surface area contributed by atoms with Gasteiger partial charge in [0.15, 0.2) is 11.5 Å². The van der Waals surface area contributed by atoms with Crippen LogP contribution in [0.15, 0.2) is 42.5 Å². The zero-order valence-electron chi connectivity index (χ0n) is 20.9. The molecule has 34 heavy (non-hydrogen) atoms. The largest absolute Gasteiger partial charge is 0.493 e. The van der Waals surface area contributed by atoms with E-state index in [1.807, 2.05) is 6.07 Å². The fraction of sp³-hybridized carbons (Fsp3) is 0.500. The molecule has 0 bridgehead atoms. The number of aryl methyl sites for hydroxylation is 1. The van der Waals surface area contributed by atoms with Crippen molar-refractivity contribution in [1.82, 2.24) is 14.9 Å². The van der Waals surface area contributed by atoms with Gasteiger partial charge >= 0.3 is 0 Å². The molecular weight excluding hydrogens is 426 g/mol. The number of nitrogens with one attached hydrogen (secondary N) is 1. The summed E-state index contributed by atoms with van der Waals surface area (Å²) in [6, 6.07) is 13.5. The molecule has 3 rings (SSSR count). The number of hydrogen-bond acceptors (Lipinski definition) is 4. The van der Waals surface area contributed by atoms with Gasteiger partial charge in [-0.2, -0.15) is 0 Å². The summed E-state index contributed by atoms with van der Waals surface area (Å²) in [6.45, 7) is 3.75. The van der Waals surface area contributed by atoms with E-state index in [2.05, 4.69) is 35.0 Å². The number of amides is 1. The maximum Gasteiger partial charge on any atom is 0.251 e. The van der Waals surface area contributed by atoms with E-state index in [0.29, 0.717) is 30.0 Å². The molecule has 1 N–H and O–H groups in total.